The third-order valence-corrected chi connectivity index (χ3v) is 7.25. The Kier molecular flexibility index (Phi) is 7.01. The van der Waals surface area contributed by atoms with Crippen molar-refractivity contribution in [1.29, 1.82) is 0 Å². The number of aryl methyl sites for hydroxylation is 1. The number of rotatable bonds is 7. The van der Waals surface area contributed by atoms with E-state index in [9.17, 15) is 13.2 Å². The number of nitrogens with one attached hydrogen (secondary N) is 1. The van der Waals surface area contributed by atoms with Crippen LogP contribution in [0.2, 0.25) is 5.02 Å². The number of carbonyl (C=O) groups is 1. The molecule has 0 saturated carbocycles. The highest BCUT2D eigenvalue weighted by molar-refractivity contribution is 7.91. The fourth-order valence-corrected chi connectivity index (χ4v) is 5.41. The van der Waals surface area contributed by atoms with Gasteiger partial charge in [0, 0.05) is 22.9 Å². The van der Waals surface area contributed by atoms with Gasteiger partial charge in [0.1, 0.15) is 11.6 Å². The molecule has 7 nitrogen and oxygen atoms in total. The molecule has 0 spiro atoms. The zero-order valence-corrected chi connectivity index (χ0v) is 20.0. The Balaban J connectivity index is 1.61. The minimum absolute atomic E-state index is 0.0510. The average Bonchev–Trinajstić information content (AvgIpc) is 3.23. The molecule has 1 atom stereocenters. The van der Waals surface area contributed by atoms with E-state index >= 15 is 0 Å². The van der Waals surface area contributed by atoms with E-state index in [4.69, 9.17) is 16.3 Å². The van der Waals surface area contributed by atoms with Crippen molar-refractivity contribution in [2.45, 2.75) is 58.4 Å². The number of aromatic nitrogens is 2. The number of carbonyl (C=O) groups excluding carboxylic acids is 1. The molecule has 2 aromatic rings. The highest BCUT2D eigenvalue weighted by Crippen LogP contribution is 2.31. The zero-order chi connectivity index (χ0) is 22.8. The lowest BCUT2D eigenvalue weighted by atomic mass is 9.92. The van der Waals surface area contributed by atoms with E-state index in [1.54, 1.807) is 10.7 Å². The van der Waals surface area contributed by atoms with Crippen molar-refractivity contribution in [2.75, 3.05) is 23.4 Å². The molecule has 3 rings (SSSR count). The summed E-state index contributed by atoms with van der Waals surface area (Å²) in [5.41, 5.74) is 1.54. The first-order valence-corrected chi connectivity index (χ1v) is 12.6. The highest BCUT2D eigenvalue weighted by atomic mass is 35.5. The minimum Gasteiger partial charge on any atom is -0.493 e. The van der Waals surface area contributed by atoms with Crippen LogP contribution in [0.5, 0.6) is 5.75 Å². The van der Waals surface area contributed by atoms with Crippen molar-refractivity contribution in [3.8, 4) is 5.75 Å². The van der Waals surface area contributed by atoms with Gasteiger partial charge in [0.15, 0.2) is 9.84 Å². The van der Waals surface area contributed by atoms with Crippen molar-refractivity contribution in [3.05, 3.63) is 40.5 Å². The molecule has 1 aliphatic rings. The van der Waals surface area contributed by atoms with Gasteiger partial charge >= 0.3 is 0 Å². The van der Waals surface area contributed by atoms with Crippen molar-refractivity contribution in [2.24, 2.45) is 0 Å². The van der Waals surface area contributed by atoms with Gasteiger partial charge in [-0.25, -0.2) is 13.1 Å². The van der Waals surface area contributed by atoms with Crippen LogP contribution in [-0.2, 0) is 20.0 Å². The summed E-state index contributed by atoms with van der Waals surface area (Å²) in [6.07, 6.45) is 1.34. The standard InChI is InChI=1S/C22H30ClN3O4S/c1-15-12-16(23)7-8-18(15)30-10-5-6-21(27)24-20-13-19(22(2,3)4)25-26(20)17-9-11-31(28,29)14-17/h7-8,12-13,17H,5-6,9-11,14H2,1-4H3,(H,24,27)/t17-/m1/s1. The molecule has 1 amide bonds. The van der Waals surface area contributed by atoms with Gasteiger partial charge in [-0.05, 0) is 43.5 Å². The molecule has 0 bridgehead atoms. The number of hydrogen-bond acceptors (Lipinski definition) is 5. The third kappa shape index (κ3) is 6.23. The summed E-state index contributed by atoms with van der Waals surface area (Å²) >= 11 is 5.95. The lowest BCUT2D eigenvalue weighted by Gasteiger charge is -2.15. The van der Waals surface area contributed by atoms with Crippen LogP contribution in [0.1, 0.15) is 57.3 Å². The molecule has 0 radical (unpaired) electrons. The number of amides is 1. The fraction of sp³-hybridized carbons (Fsp3) is 0.545. The maximum absolute atomic E-state index is 12.5. The van der Waals surface area contributed by atoms with E-state index in [0.717, 1.165) is 17.0 Å². The molecule has 2 heterocycles. The minimum atomic E-state index is -3.06. The first-order valence-electron chi connectivity index (χ1n) is 10.4. The molecule has 0 aliphatic carbocycles. The van der Waals surface area contributed by atoms with Gasteiger partial charge in [-0.1, -0.05) is 32.4 Å². The number of halogens is 1. The van der Waals surface area contributed by atoms with Gasteiger partial charge in [-0.15, -0.1) is 0 Å². The Morgan fingerprint density at radius 3 is 2.68 bits per heavy atom. The summed E-state index contributed by atoms with van der Waals surface area (Å²) in [5, 5.41) is 8.21. The van der Waals surface area contributed by atoms with E-state index in [2.05, 4.69) is 10.4 Å². The summed E-state index contributed by atoms with van der Waals surface area (Å²) in [5.74, 6) is 1.35. The van der Waals surface area contributed by atoms with E-state index in [0.29, 0.717) is 30.3 Å². The summed E-state index contributed by atoms with van der Waals surface area (Å²) in [6, 6.07) is 7.01. The van der Waals surface area contributed by atoms with Gasteiger partial charge in [0.2, 0.25) is 5.91 Å². The number of anilines is 1. The highest BCUT2D eigenvalue weighted by Gasteiger charge is 2.32. The normalized spacial score (nSPS) is 18.2. The SMILES string of the molecule is Cc1cc(Cl)ccc1OCCCC(=O)Nc1cc(C(C)(C)C)nn1[C@@H]1CCS(=O)(=O)C1. The van der Waals surface area contributed by atoms with Crippen LogP contribution >= 0.6 is 11.6 Å². The summed E-state index contributed by atoms with van der Waals surface area (Å²) in [6.45, 7) is 8.43. The first-order chi connectivity index (χ1) is 14.4. The Morgan fingerprint density at radius 1 is 1.32 bits per heavy atom. The van der Waals surface area contributed by atoms with Gasteiger partial charge in [0.05, 0.1) is 29.8 Å². The number of hydrogen-bond donors (Lipinski definition) is 1. The Labute approximate surface area is 189 Å². The molecular weight excluding hydrogens is 438 g/mol. The molecule has 170 valence electrons. The van der Waals surface area contributed by atoms with E-state index in [1.807, 2.05) is 45.9 Å². The van der Waals surface area contributed by atoms with Crippen LogP contribution in [0.4, 0.5) is 5.82 Å². The average molecular weight is 468 g/mol. The zero-order valence-electron chi connectivity index (χ0n) is 18.4. The Bertz CT molecular complexity index is 1060. The molecule has 31 heavy (non-hydrogen) atoms. The molecule has 1 N–H and O–H groups in total. The van der Waals surface area contributed by atoms with Crippen molar-refractivity contribution < 1.29 is 17.9 Å². The van der Waals surface area contributed by atoms with Crippen molar-refractivity contribution in [1.82, 2.24) is 9.78 Å². The van der Waals surface area contributed by atoms with Crippen molar-refractivity contribution in [3.63, 3.8) is 0 Å². The quantitative estimate of drug-likeness (QED) is 0.613. The molecule has 9 heteroatoms. The van der Waals surface area contributed by atoms with E-state index < -0.39 is 9.84 Å². The maximum Gasteiger partial charge on any atom is 0.225 e. The summed E-state index contributed by atoms with van der Waals surface area (Å²) in [4.78, 5) is 12.5. The predicted molar refractivity (Wildman–Crippen MR) is 123 cm³/mol. The second kappa shape index (κ2) is 9.20. The van der Waals surface area contributed by atoms with Crippen LogP contribution < -0.4 is 10.1 Å². The second-order valence-electron chi connectivity index (χ2n) is 9.08. The summed E-state index contributed by atoms with van der Waals surface area (Å²) < 4.78 is 31.3. The molecular formula is C22H30ClN3O4S. The van der Waals surface area contributed by atoms with Crippen molar-refractivity contribution >= 4 is 33.2 Å². The van der Waals surface area contributed by atoms with Gasteiger partial charge < -0.3 is 10.1 Å². The smallest absolute Gasteiger partial charge is 0.225 e. The maximum atomic E-state index is 12.5. The monoisotopic (exact) mass is 467 g/mol. The van der Waals surface area contributed by atoms with Gasteiger partial charge in [-0.3, -0.25) is 4.79 Å². The van der Waals surface area contributed by atoms with E-state index in [1.165, 1.54) is 0 Å². The Hall–Kier alpha value is -2.06. The van der Waals surface area contributed by atoms with Gasteiger partial charge in [0.25, 0.3) is 0 Å². The number of sulfone groups is 1. The Morgan fingerprint density at radius 2 is 2.06 bits per heavy atom. The number of ether oxygens (including phenoxy) is 1. The molecule has 1 saturated heterocycles. The molecule has 1 aliphatic heterocycles. The van der Waals surface area contributed by atoms with Gasteiger partial charge in [-0.2, -0.15) is 5.10 Å². The predicted octanol–water partition coefficient (Wildman–Crippen LogP) is 4.30. The van der Waals surface area contributed by atoms with Crippen LogP contribution in [0.15, 0.2) is 24.3 Å². The number of nitrogens with zero attached hydrogens (tertiary/aromatic N) is 2. The fourth-order valence-electron chi connectivity index (χ4n) is 3.50. The van der Waals surface area contributed by atoms with Crippen LogP contribution in [0, 0.1) is 6.92 Å². The second-order valence-corrected chi connectivity index (χ2v) is 11.7. The summed E-state index contributed by atoms with van der Waals surface area (Å²) in [7, 11) is -3.06. The largest absolute Gasteiger partial charge is 0.493 e. The lowest BCUT2D eigenvalue weighted by molar-refractivity contribution is -0.116. The van der Waals surface area contributed by atoms with Crippen LogP contribution in [0.25, 0.3) is 0 Å². The number of benzene rings is 1. The van der Waals surface area contributed by atoms with E-state index in [-0.39, 0.29) is 35.3 Å². The topological polar surface area (TPSA) is 90.3 Å². The third-order valence-electron chi connectivity index (χ3n) is 5.27. The molecule has 1 aromatic heterocycles. The molecule has 0 unspecified atom stereocenters. The van der Waals surface area contributed by atoms with Crippen LogP contribution in [-0.4, -0.2) is 42.2 Å². The molecule has 1 aromatic carbocycles. The molecule has 1 fully saturated rings. The first kappa shape index (κ1) is 23.6. The lowest BCUT2D eigenvalue weighted by Crippen LogP contribution is -2.20. The van der Waals surface area contributed by atoms with Crippen LogP contribution in [0.3, 0.4) is 0 Å².